The summed E-state index contributed by atoms with van der Waals surface area (Å²) in [6, 6.07) is 7.08. The minimum atomic E-state index is -0.686. The summed E-state index contributed by atoms with van der Waals surface area (Å²) < 4.78 is 32.2. The Hall–Kier alpha value is -4.00. The van der Waals surface area contributed by atoms with Gasteiger partial charge in [-0.05, 0) is 12.1 Å². The van der Waals surface area contributed by atoms with Gasteiger partial charge in [-0.2, -0.15) is 0 Å². The first-order valence-electron chi connectivity index (χ1n) is 10.9. The van der Waals surface area contributed by atoms with E-state index in [9.17, 15) is 24.2 Å². The molecular weight excluding hydrogens is 511 g/mol. The molecule has 0 aliphatic heterocycles. The van der Waals surface area contributed by atoms with Crippen LogP contribution in [-0.2, 0) is 13.2 Å². The number of carbonyl (C=O) groups is 1. The number of aliphatic hydroxyl groups excluding tert-OH is 2. The summed E-state index contributed by atoms with van der Waals surface area (Å²) in [7, 11) is 1.40. The molecular formula is C24H22ClFN4O7. The zero-order chi connectivity index (χ0) is 26.7. The van der Waals surface area contributed by atoms with E-state index in [0.29, 0.717) is 0 Å². The Morgan fingerprint density at radius 2 is 1.92 bits per heavy atom. The van der Waals surface area contributed by atoms with Crippen LogP contribution in [0.25, 0.3) is 16.9 Å². The highest BCUT2D eigenvalue weighted by Crippen LogP contribution is 2.37. The molecule has 4 aromatic rings. The molecule has 0 saturated heterocycles. The zero-order valence-corrected chi connectivity index (χ0v) is 20.5. The third-order valence-corrected chi connectivity index (χ3v) is 5.63. The van der Waals surface area contributed by atoms with E-state index >= 15 is 0 Å². The molecule has 3 N–H and O–H groups in total. The van der Waals surface area contributed by atoms with E-state index < -0.39 is 23.9 Å². The Labute approximate surface area is 214 Å². The van der Waals surface area contributed by atoms with Crippen LogP contribution in [0, 0.1) is 5.82 Å². The van der Waals surface area contributed by atoms with Crippen LogP contribution < -0.4 is 19.9 Å². The number of ketones is 1. The Morgan fingerprint density at radius 3 is 2.59 bits per heavy atom. The number of hydrogen-bond acceptors (Lipinski definition) is 9. The van der Waals surface area contributed by atoms with Gasteiger partial charge in [0.2, 0.25) is 0 Å². The van der Waals surface area contributed by atoms with Crippen molar-refractivity contribution in [2.75, 3.05) is 20.3 Å². The van der Waals surface area contributed by atoms with Crippen LogP contribution in [0.4, 0.5) is 4.39 Å². The van der Waals surface area contributed by atoms with Crippen LogP contribution in [0.15, 0.2) is 35.1 Å². The molecule has 2 heterocycles. The van der Waals surface area contributed by atoms with Crippen molar-refractivity contribution in [2.24, 2.45) is 0 Å². The van der Waals surface area contributed by atoms with Crippen molar-refractivity contribution in [1.82, 2.24) is 19.5 Å². The maximum Gasteiger partial charge on any atom is 0.332 e. The van der Waals surface area contributed by atoms with E-state index in [1.165, 1.54) is 38.3 Å². The predicted octanol–water partition coefficient (Wildman–Crippen LogP) is 2.55. The lowest BCUT2D eigenvalue weighted by molar-refractivity contribution is 0.101. The van der Waals surface area contributed by atoms with Crippen LogP contribution in [-0.4, -0.2) is 55.8 Å². The summed E-state index contributed by atoms with van der Waals surface area (Å²) in [5.41, 5.74) is -0.458. The number of benzene rings is 2. The van der Waals surface area contributed by atoms with Gasteiger partial charge in [0.05, 0.1) is 30.0 Å². The van der Waals surface area contributed by atoms with Gasteiger partial charge in [-0.15, -0.1) is 0 Å². The second kappa shape index (κ2) is 10.9. The lowest BCUT2D eigenvalue weighted by Gasteiger charge is -2.17. The van der Waals surface area contributed by atoms with Gasteiger partial charge in [-0.3, -0.25) is 4.79 Å². The quantitative estimate of drug-likeness (QED) is 0.262. The van der Waals surface area contributed by atoms with Gasteiger partial charge >= 0.3 is 5.69 Å². The first kappa shape index (κ1) is 26.1. The number of Topliss-reactive ketones (excluding diaryl/α,β-unsaturated/α-hetero) is 1. The number of aromatic nitrogens is 4. The summed E-state index contributed by atoms with van der Waals surface area (Å²) in [6.07, 6.45) is 0. The Kier molecular flexibility index (Phi) is 7.71. The van der Waals surface area contributed by atoms with Gasteiger partial charge in [-0.25, -0.2) is 23.7 Å². The molecule has 0 aliphatic rings. The molecule has 4 rings (SSSR count). The van der Waals surface area contributed by atoms with E-state index in [4.69, 9.17) is 25.8 Å². The third kappa shape index (κ3) is 5.12. The average molecular weight is 533 g/mol. The van der Waals surface area contributed by atoms with Crippen LogP contribution in [0.1, 0.15) is 28.8 Å². The number of carbonyl (C=O) groups excluding carboxylic acids is 1. The SMILES string of the molecule is COc1cccc(F)c1COc1cc(-n2c(=O)[nH]c3c(C(C)=O)nc(CO)nc32)c(Cl)cc1OCCO. The Balaban J connectivity index is 1.87. The van der Waals surface area contributed by atoms with Crippen molar-refractivity contribution in [3.8, 4) is 22.9 Å². The van der Waals surface area contributed by atoms with Crippen molar-refractivity contribution in [3.63, 3.8) is 0 Å². The van der Waals surface area contributed by atoms with Gasteiger partial charge in [0.25, 0.3) is 0 Å². The number of nitrogens with one attached hydrogen (secondary N) is 1. The molecule has 0 atom stereocenters. The maximum atomic E-state index is 14.5. The Morgan fingerprint density at radius 1 is 1.16 bits per heavy atom. The van der Waals surface area contributed by atoms with Crippen molar-refractivity contribution in [3.05, 3.63) is 68.7 Å². The van der Waals surface area contributed by atoms with E-state index in [1.54, 1.807) is 6.07 Å². The normalized spacial score (nSPS) is 11.1. The molecule has 13 heteroatoms. The predicted molar refractivity (Wildman–Crippen MR) is 130 cm³/mol. The summed E-state index contributed by atoms with van der Waals surface area (Å²) in [5.74, 6) is -0.609. The van der Waals surface area contributed by atoms with Crippen LogP contribution in [0.2, 0.25) is 5.02 Å². The molecule has 0 fully saturated rings. The molecule has 0 bridgehead atoms. The lowest BCUT2D eigenvalue weighted by atomic mass is 10.2. The molecule has 11 nitrogen and oxygen atoms in total. The topological polar surface area (TPSA) is 149 Å². The van der Waals surface area contributed by atoms with Crippen LogP contribution in [0.3, 0.4) is 0 Å². The average Bonchev–Trinajstić information content (AvgIpc) is 3.21. The standard InChI is InChI=1S/C24H22ClFN4O7/c1-12(33)21-22-23(28-20(10-32)27-21)30(24(34)29-22)16-9-19(18(8-14(16)25)36-7-6-31)37-11-13-15(26)4-3-5-17(13)35-2/h3-5,8-9,31-32H,6-7,10-11H2,1-2H3,(H,29,34). The molecule has 2 aromatic carbocycles. The molecule has 0 aliphatic carbocycles. The van der Waals surface area contributed by atoms with Crippen molar-refractivity contribution < 1.29 is 33.6 Å². The highest BCUT2D eigenvalue weighted by atomic mass is 35.5. The second-order valence-electron chi connectivity index (χ2n) is 7.70. The van der Waals surface area contributed by atoms with Gasteiger partial charge < -0.3 is 29.4 Å². The van der Waals surface area contributed by atoms with Gasteiger partial charge in [-0.1, -0.05) is 17.7 Å². The second-order valence-corrected chi connectivity index (χ2v) is 8.11. The smallest absolute Gasteiger partial charge is 0.332 e. The third-order valence-electron chi connectivity index (χ3n) is 5.33. The van der Waals surface area contributed by atoms with Gasteiger partial charge in [0.15, 0.2) is 28.8 Å². The van der Waals surface area contributed by atoms with E-state index in [0.717, 1.165) is 4.57 Å². The van der Waals surface area contributed by atoms with Crippen LogP contribution >= 0.6 is 11.6 Å². The number of halogens is 2. The van der Waals surface area contributed by atoms with Crippen LogP contribution in [0.5, 0.6) is 17.2 Å². The molecule has 37 heavy (non-hydrogen) atoms. The molecule has 0 unspecified atom stereocenters. The number of ether oxygens (including phenoxy) is 3. The number of nitrogens with zero attached hydrogens (tertiary/aromatic N) is 3. The molecule has 0 saturated carbocycles. The Bertz CT molecular complexity index is 1540. The molecule has 2 aromatic heterocycles. The highest BCUT2D eigenvalue weighted by molar-refractivity contribution is 6.32. The number of fused-ring (bicyclic) bond motifs is 1. The number of imidazole rings is 1. The summed E-state index contributed by atoms with van der Waals surface area (Å²) in [6.45, 7) is 0.0477. The summed E-state index contributed by atoms with van der Waals surface area (Å²) >= 11 is 6.50. The van der Waals surface area contributed by atoms with E-state index in [2.05, 4.69) is 15.0 Å². The largest absolute Gasteiger partial charge is 0.496 e. The fourth-order valence-corrected chi connectivity index (χ4v) is 3.91. The molecule has 0 amide bonds. The number of aliphatic hydroxyl groups is 2. The molecule has 194 valence electrons. The first-order chi connectivity index (χ1) is 17.8. The monoisotopic (exact) mass is 532 g/mol. The highest BCUT2D eigenvalue weighted by Gasteiger charge is 2.22. The number of H-pyrrole nitrogens is 1. The molecule has 0 radical (unpaired) electrons. The number of hydrogen-bond donors (Lipinski definition) is 3. The first-order valence-corrected chi connectivity index (χ1v) is 11.3. The van der Waals surface area contributed by atoms with Gasteiger partial charge in [0, 0.05) is 19.1 Å². The maximum absolute atomic E-state index is 14.5. The minimum Gasteiger partial charge on any atom is -0.496 e. The lowest BCUT2D eigenvalue weighted by Crippen LogP contribution is -2.16. The van der Waals surface area contributed by atoms with Gasteiger partial charge in [0.1, 0.15) is 42.6 Å². The van der Waals surface area contributed by atoms with Crippen molar-refractivity contribution >= 4 is 28.5 Å². The zero-order valence-electron chi connectivity index (χ0n) is 19.7. The number of aromatic amines is 1. The summed E-state index contributed by atoms with van der Waals surface area (Å²) in [5, 5.41) is 18.8. The number of methoxy groups -OCH3 is 1. The van der Waals surface area contributed by atoms with Crippen molar-refractivity contribution in [2.45, 2.75) is 20.1 Å². The minimum absolute atomic E-state index is 0.00176. The number of rotatable bonds is 10. The van der Waals surface area contributed by atoms with E-state index in [1.807, 2.05) is 0 Å². The molecule has 0 spiro atoms. The summed E-state index contributed by atoms with van der Waals surface area (Å²) in [4.78, 5) is 35.8. The fraction of sp³-hybridized carbons (Fsp3) is 0.250. The van der Waals surface area contributed by atoms with Crippen molar-refractivity contribution in [1.29, 1.82) is 0 Å². The van der Waals surface area contributed by atoms with E-state index in [-0.39, 0.29) is 76.0 Å². The fourth-order valence-electron chi connectivity index (χ4n) is 3.68.